The van der Waals surface area contributed by atoms with Gasteiger partial charge in [-0.25, -0.2) is 4.79 Å². The lowest BCUT2D eigenvalue weighted by atomic mass is 9.86. The summed E-state index contributed by atoms with van der Waals surface area (Å²) >= 11 is 0. The molecule has 0 heterocycles. The minimum Gasteiger partial charge on any atom is -0.465 e. The Morgan fingerprint density at radius 3 is 2.65 bits per heavy atom. The molecule has 3 heteroatoms. The molecule has 3 nitrogen and oxygen atoms in total. The Hall–Kier alpha value is -1.35. The van der Waals surface area contributed by atoms with Crippen molar-refractivity contribution < 1.29 is 9.53 Å². The van der Waals surface area contributed by atoms with E-state index < -0.39 is 0 Å². The van der Waals surface area contributed by atoms with Gasteiger partial charge >= 0.3 is 5.97 Å². The van der Waals surface area contributed by atoms with Crippen molar-refractivity contribution in [1.82, 2.24) is 5.32 Å². The summed E-state index contributed by atoms with van der Waals surface area (Å²) in [7, 11) is 0. The van der Waals surface area contributed by atoms with Crippen LogP contribution in [0.2, 0.25) is 0 Å². The van der Waals surface area contributed by atoms with E-state index in [1.54, 1.807) is 0 Å². The molecule has 2 unspecified atom stereocenters. The van der Waals surface area contributed by atoms with Crippen LogP contribution in [0.4, 0.5) is 0 Å². The van der Waals surface area contributed by atoms with Crippen LogP contribution in [0.15, 0.2) is 30.3 Å². The number of ether oxygens (including phenoxy) is 1. The summed E-state index contributed by atoms with van der Waals surface area (Å²) in [4.78, 5) is 12.3. The highest BCUT2D eigenvalue weighted by molar-refractivity contribution is 5.77. The van der Waals surface area contributed by atoms with Crippen LogP contribution >= 0.6 is 0 Å². The molecule has 1 aromatic carbocycles. The van der Waals surface area contributed by atoms with Crippen LogP contribution in [0.5, 0.6) is 0 Å². The van der Waals surface area contributed by atoms with E-state index in [0.717, 1.165) is 12.0 Å². The molecular formula is C17H25NO2. The predicted octanol–water partition coefficient (Wildman–Crippen LogP) is 3.46. The first-order valence-corrected chi connectivity index (χ1v) is 7.52. The molecule has 0 saturated heterocycles. The van der Waals surface area contributed by atoms with E-state index in [-0.39, 0.29) is 17.4 Å². The predicted molar refractivity (Wildman–Crippen MR) is 80.4 cm³/mol. The van der Waals surface area contributed by atoms with Gasteiger partial charge in [-0.3, -0.25) is 5.32 Å². The Labute approximate surface area is 121 Å². The number of hydrogen-bond acceptors (Lipinski definition) is 3. The van der Waals surface area contributed by atoms with Crippen molar-refractivity contribution in [3.8, 4) is 0 Å². The molecule has 0 spiro atoms. The quantitative estimate of drug-likeness (QED) is 0.836. The molecule has 20 heavy (non-hydrogen) atoms. The molecule has 1 N–H and O–H groups in total. The summed E-state index contributed by atoms with van der Waals surface area (Å²) in [6, 6.07) is 9.85. The van der Waals surface area contributed by atoms with E-state index in [9.17, 15) is 4.79 Å². The zero-order valence-corrected chi connectivity index (χ0v) is 12.7. The SMILES string of the molecule is CCOC(=O)C(NC1CCCC1(C)C)c1ccccc1. The van der Waals surface area contributed by atoms with Gasteiger partial charge < -0.3 is 4.74 Å². The van der Waals surface area contributed by atoms with Gasteiger partial charge in [-0.1, -0.05) is 50.6 Å². The molecule has 1 aliphatic carbocycles. The largest absolute Gasteiger partial charge is 0.465 e. The summed E-state index contributed by atoms with van der Waals surface area (Å²) in [6.07, 6.45) is 3.54. The number of esters is 1. The Kier molecular flexibility index (Phi) is 4.81. The van der Waals surface area contributed by atoms with Crippen LogP contribution in [0, 0.1) is 5.41 Å². The second kappa shape index (κ2) is 6.40. The lowest BCUT2D eigenvalue weighted by molar-refractivity contribution is -0.146. The van der Waals surface area contributed by atoms with Crippen molar-refractivity contribution >= 4 is 5.97 Å². The Balaban J connectivity index is 2.17. The highest BCUT2D eigenvalue weighted by atomic mass is 16.5. The first-order valence-electron chi connectivity index (χ1n) is 7.52. The second-order valence-corrected chi connectivity index (χ2v) is 6.20. The first kappa shape index (κ1) is 15.0. The lowest BCUT2D eigenvalue weighted by Crippen LogP contribution is -2.43. The maximum Gasteiger partial charge on any atom is 0.327 e. The van der Waals surface area contributed by atoms with E-state index in [4.69, 9.17) is 4.74 Å². The van der Waals surface area contributed by atoms with Crippen molar-refractivity contribution in [3.63, 3.8) is 0 Å². The molecule has 1 saturated carbocycles. The topological polar surface area (TPSA) is 38.3 Å². The van der Waals surface area contributed by atoms with Crippen LogP contribution in [-0.4, -0.2) is 18.6 Å². The highest BCUT2D eigenvalue weighted by Crippen LogP contribution is 2.38. The molecule has 1 aliphatic rings. The maximum absolute atomic E-state index is 12.3. The van der Waals surface area contributed by atoms with Gasteiger partial charge in [0.2, 0.25) is 0 Å². The zero-order chi connectivity index (χ0) is 14.6. The smallest absolute Gasteiger partial charge is 0.327 e. The first-order chi connectivity index (χ1) is 9.54. The van der Waals surface area contributed by atoms with E-state index in [2.05, 4.69) is 19.2 Å². The third-order valence-electron chi connectivity index (χ3n) is 4.28. The molecule has 0 radical (unpaired) electrons. The molecule has 1 fully saturated rings. The fraction of sp³-hybridized carbons (Fsp3) is 0.588. The molecule has 0 aromatic heterocycles. The average molecular weight is 275 g/mol. The molecule has 2 rings (SSSR count). The lowest BCUT2D eigenvalue weighted by Gasteiger charge is -2.31. The monoisotopic (exact) mass is 275 g/mol. The number of rotatable bonds is 5. The van der Waals surface area contributed by atoms with E-state index in [1.807, 2.05) is 37.3 Å². The van der Waals surface area contributed by atoms with Gasteiger partial charge in [-0.2, -0.15) is 0 Å². The Morgan fingerprint density at radius 2 is 2.10 bits per heavy atom. The van der Waals surface area contributed by atoms with Crippen LogP contribution in [0.1, 0.15) is 51.6 Å². The van der Waals surface area contributed by atoms with Crippen LogP contribution in [-0.2, 0) is 9.53 Å². The number of benzene rings is 1. The third-order valence-corrected chi connectivity index (χ3v) is 4.28. The molecule has 0 aliphatic heterocycles. The van der Waals surface area contributed by atoms with E-state index in [1.165, 1.54) is 12.8 Å². The molecule has 0 amide bonds. The second-order valence-electron chi connectivity index (χ2n) is 6.20. The van der Waals surface area contributed by atoms with Gasteiger partial charge in [-0.15, -0.1) is 0 Å². The molecule has 1 aromatic rings. The summed E-state index contributed by atoms with van der Waals surface area (Å²) in [6.45, 7) is 6.80. The van der Waals surface area contributed by atoms with Gasteiger partial charge in [0.25, 0.3) is 0 Å². The summed E-state index contributed by atoms with van der Waals surface area (Å²) in [5, 5.41) is 3.53. The fourth-order valence-corrected chi connectivity index (χ4v) is 3.01. The maximum atomic E-state index is 12.3. The number of hydrogen-bond donors (Lipinski definition) is 1. The van der Waals surface area contributed by atoms with Gasteiger partial charge in [0.1, 0.15) is 6.04 Å². The van der Waals surface area contributed by atoms with Crippen molar-refractivity contribution in [2.45, 2.75) is 52.1 Å². The zero-order valence-electron chi connectivity index (χ0n) is 12.7. The molecular weight excluding hydrogens is 250 g/mol. The number of nitrogens with one attached hydrogen (secondary N) is 1. The normalized spacial score (nSPS) is 22.4. The van der Waals surface area contributed by atoms with Crippen molar-refractivity contribution in [1.29, 1.82) is 0 Å². The summed E-state index contributed by atoms with van der Waals surface area (Å²) < 4.78 is 5.24. The van der Waals surface area contributed by atoms with E-state index >= 15 is 0 Å². The van der Waals surface area contributed by atoms with Gasteiger partial charge in [0, 0.05) is 6.04 Å². The van der Waals surface area contributed by atoms with Crippen molar-refractivity contribution in [2.75, 3.05) is 6.61 Å². The van der Waals surface area contributed by atoms with Gasteiger partial charge in [0.15, 0.2) is 0 Å². The average Bonchev–Trinajstić information content (AvgIpc) is 2.76. The summed E-state index contributed by atoms with van der Waals surface area (Å²) in [5.74, 6) is -0.179. The number of carbonyl (C=O) groups is 1. The number of carbonyl (C=O) groups excluding carboxylic acids is 1. The van der Waals surface area contributed by atoms with Crippen molar-refractivity contribution in [2.24, 2.45) is 5.41 Å². The van der Waals surface area contributed by atoms with Gasteiger partial charge in [-0.05, 0) is 30.7 Å². The van der Waals surface area contributed by atoms with Crippen LogP contribution < -0.4 is 5.32 Å². The van der Waals surface area contributed by atoms with Crippen LogP contribution in [0.3, 0.4) is 0 Å². The Morgan fingerprint density at radius 1 is 1.40 bits per heavy atom. The van der Waals surface area contributed by atoms with E-state index in [0.29, 0.717) is 12.6 Å². The van der Waals surface area contributed by atoms with Gasteiger partial charge in [0.05, 0.1) is 6.61 Å². The molecule has 110 valence electrons. The Bertz CT molecular complexity index is 442. The minimum absolute atomic E-state index is 0.179. The van der Waals surface area contributed by atoms with Crippen LogP contribution in [0.25, 0.3) is 0 Å². The third kappa shape index (κ3) is 3.40. The summed E-state index contributed by atoms with van der Waals surface area (Å²) in [5.41, 5.74) is 1.22. The molecule has 2 atom stereocenters. The molecule has 0 bridgehead atoms. The van der Waals surface area contributed by atoms with Crippen molar-refractivity contribution in [3.05, 3.63) is 35.9 Å². The fourth-order valence-electron chi connectivity index (χ4n) is 3.01. The standard InChI is InChI=1S/C17H25NO2/c1-4-20-16(19)15(13-9-6-5-7-10-13)18-14-11-8-12-17(14,2)3/h5-7,9-10,14-15,18H,4,8,11-12H2,1-3H3. The highest BCUT2D eigenvalue weighted by Gasteiger charge is 2.37. The minimum atomic E-state index is -0.362.